The lowest BCUT2D eigenvalue weighted by molar-refractivity contribution is -0.137. The van der Waals surface area contributed by atoms with E-state index in [2.05, 4.69) is 15.6 Å². The number of halogens is 5. The molecule has 3 amide bonds. The first kappa shape index (κ1) is 33.6. The quantitative estimate of drug-likeness (QED) is 0.107. The summed E-state index contributed by atoms with van der Waals surface area (Å²) in [6, 6.07) is 19.8. The fraction of sp³-hybridized carbons (Fsp3) is 0.0333. The zero-order valence-corrected chi connectivity index (χ0v) is 24.6. The van der Waals surface area contributed by atoms with Gasteiger partial charge in [0.05, 0.1) is 16.3 Å². The molecule has 46 heavy (non-hydrogen) atoms. The maximum absolute atomic E-state index is 14.4. The molecule has 5 aromatic rings. The maximum Gasteiger partial charge on any atom is 0.417 e. The molecule has 1 aromatic heterocycles. The highest BCUT2D eigenvalue weighted by molar-refractivity contribution is 7.86. The Balaban J connectivity index is 0.000000284. The summed E-state index contributed by atoms with van der Waals surface area (Å²) >= 11 is 5.53. The first-order valence-corrected chi connectivity index (χ1v) is 14.6. The molecule has 5 rings (SSSR count). The largest absolute Gasteiger partial charge is 0.457 e. The number of ether oxygens (including phenoxy) is 1. The number of aromatic nitrogens is 1. The zero-order valence-electron chi connectivity index (χ0n) is 23.0. The number of primary amides is 1. The van der Waals surface area contributed by atoms with E-state index >= 15 is 0 Å². The summed E-state index contributed by atoms with van der Waals surface area (Å²) in [6.07, 6.45) is -3.42. The average molecular weight is 677 g/mol. The normalized spacial score (nSPS) is 11.3. The minimum absolute atomic E-state index is 0.0441. The van der Waals surface area contributed by atoms with Gasteiger partial charge in [-0.3, -0.25) is 14.3 Å². The third-order valence-electron chi connectivity index (χ3n) is 5.97. The second-order valence-electron chi connectivity index (χ2n) is 9.21. The van der Waals surface area contributed by atoms with Gasteiger partial charge in [-0.25, -0.2) is 9.18 Å². The molecule has 0 unspecified atom stereocenters. The molecule has 5 N–H and O–H groups in total. The Hall–Kier alpha value is -5.25. The Morgan fingerprint density at radius 1 is 0.891 bits per heavy atom. The summed E-state index contributed by atoms with van der Waals surface area (Å²) in [7, 11) is -4.13. The van der Waals surface area contributed by atoms with E-state index in [4.69, 9.17) is 26.6 Å². The van der Waals surface area contributed by atoms with Crippen LogP contribution in [0.25, 0.3) is 10.8 Å². The number of pyridine rings is 1. The van der Waals surface area contributed by atoms with E-state index in [1.165, 1.54) is 42.6 Å². The van der Waals surface area contributed by atoms with Crippen molar-refractivity contribution < 1.29 is 44.9 Å². The Morgan fingerprint density at radius 3 is 2.26 bits per heavy atom. The van der Waals surface area contributed by atoms with Crippen LogP contribution < -0.4 is 21.1 Å². The van der Waals surface area contributed by atoms with Gasteiger partial charge in [-0.2, -0.15) is 21.6 Å². The summed E-state index contributed by atoms with van der Waals surface area (Å²) in [5.74, 6) is -1.43. The Kier molecular flexibility index (Phi) is 10.1. The molecule has 1 heterocycles. The topological polar surface area (TPSA) is 161 Å². The van der Waals surface area contributed by atoms with Crippen LogP contribution in [0.1, 0.15) is 16.1 Å². The second kappa shape index (κ2) is 13.8. The lowest BCUT2D eigenvalue weighted by Gasteiger charge is -2.13. The van der Waals surface area contributed by atoms with Gasteiger partial charge in [0.1, 0.15) is 27.9 Å². The van der Waals surface area contributed by atoms with Crippen molar-refractivity contribution in [2.24, 2.45) is 5.73 Å². The van der Waals surface area contributed by atoms with Gasteiger partial charge in [-0.1, -0.05) is 48.0 Å². The van der Waals surface area contributed by atoms with Crippen molar-refractivity contribution in [3.05, 3.63) is 119 Å². The number of amides is 3. The number of nitrogens with zero attached hydrogens (tertiary/aromatic N) is 1. The monoisotopic (exact) mass is 676 g/mol. The van der Waals surface area contributed by atoms with Crippen LogP contribution in [0.5, 0.6) is 11.5 Å². The molecule has 0 atom stereocenters. The number of carbonyl (C=O) groups excluding carboxylic acids is 2. The van der Waals surface area contributed by atoms with Crippen molar-refractivity contribution in [1.29, 1.82) is 0 Å². The second-order valence-corrected chi connectivity index (χ2v) is 11.0. The minimum atomic E-state index is -4.71. The number of fused-ring (bicyclic) bond motifs is 1. The molecule has 0 saturated heterocycles. The van der Waals surface area contributed by atoms with Crippen molar-refractivity contribution in [3.8, 4) is 11.5 Å². The van der Waals surface area contributed by atoms with E-state index in [9.17, 15) is 35.6 Å². The Bertz CT molecular complexity index is 2040. The van der Waals surface area contributed by atoms with E-state index in [0.717, 1.165) is 17.5 Å². The molecule has 10 nitrogen and oxygen atoms in total. The van der Waals surface area contributed by atoms with Crippen LogP contribution >= 0.6 is 11.6 Å². The van der Waals surface area contributed by atoms with Crippen molar-refractivity contribution >= 4 is 55.8 Å². The van der Waals surface area contributed by atoms with Crippen LogP contribution in [0, 0.1) is 5.82 Å². The molecule has 0 aliphatic heterocycles. The van der Waals surface area contributed by atoms with E-state index in [-0.39, 0.29) is 33.5 Å². The number of benzene rings is 4. The van der Waals surface area contributed by atoms with Crippen LogP contribution in [0.2, 0.25) is 5.02 Å². The predicted molar refractivity (Wildman–Crippen MR) is 162 cm³/mol. The van der Waals surface area contributed by atoms with E-state index in [1.807, 2.05) is 6.07 Å². The molecule has 16 heteroatoms. The predicted octanol–water partition coefficient (Wildman–Crippen LogP) is 7.51. The van der Waals surface area contributed by atoms with Gasteiger partial charge in [0, 0.05) is 29.4 Å². The lowest BCUT2D eigenvalue weighted by atomic mass is 10.1. The van der Waals surface area contributed by atoms with Crippen LogP contribution in [0.15, 0.2) is 102 Å². The molecule has 4 aromatic carbocycles. The molecule has 0 saturated carbocycles. The van der Waals surface area contributed by atoms with Gasteiger partial charge in [0.25, 0.3) is 16.0 Å². The molecular weight excluding hydrogens is 656 g/mol. The van der Waals surface area contributed by atoms with E-state index in [1.54, 1.807) is 30.3 Å². The fourth-order valence-corrected chi connectivity index (χ4v) is 4.87. The summed E-state index contributed by atoms with van der Waals surface area (Å²) in [5.41, 5.74) is 3.51. The standard InChI is InChI=1S/C20H13ClF4N4O3.C10H8O3S/c21-14-3-1-10(7-13(14)20(23,24)25)28-19(31)29-16-4-2-11(8-15(16)22)32-12-5-6-27-17(9-12)18(26)30;11-14(12,13)10-7-3-5-8-4-1-2-6-9(8)10/h1-9H,(H2,26,30)(H2,28,29,31);1-7H,(H,11,12,13). The summed E-state index contributed by atoms with van der Waals surface area (Å²) < 4.78 is 89.5. The van der Waals surface area contributed by atoms with Gasteiger partial charge in [-0.05, 0) is 47.9 Å². The van der Waals surface area contributed by atoms with Crippen molar-refractivity contribution in [1.82, 2.24) is 4.98 Å². The Labute approximate surface area is 263 Å². The third kappa shape index (κ3) is 8.68. The summed E-state index contributed by atoms with van der Waals surface area (Å²) in [6.45, 7) is 0. The van der Waals surface area contributed by atoms with Crippen molar-refractivity contribution in [2.75, 3.05) is 10.6 Å². The van der Waals surface area contributed by atoms with Crippen molar-refractivity contribution in [2.45, 2.75) is 11.1 Å². The molecule has 238 valence electrons. The van der Waals surface area contributed by atoms with Gasteiger partial charge in [0.2, 0.25) is 0 Å². The van der Waals surface area contributed by atoms with Gasteiger partial charge in [0.15, 0.2) is 0 Å². The fourth-order valence-electron chi connectivity index (χ4n) is 3.93. The number of anilines is 2. The molecule has 0 fully saturated rings. The summed E-state index contributed by atoms with van der Waals surface area (Å²) in [5, 5.41) is 5.16. The number of nitrogens with two attached hydrogens (primary N) is 1. The number of carbonyl (C=O) groups is 2. The van der Waals surface area contributed by atoms with Gasteiger partial charge in [-0.15, -0.1) is 0 Å². The highest BCUT2D eigenvalue weighted by atomic mass is 35.5. The van der Waals surface area contributed by atoms with Crippen molar-refractivity contribution in [3.63, 3.8) is 0 Å². The molecule has 0 bridgehead atoms. The zero-order chi connectivity index (χ0) is 33.6. The minimum Gasteiger partial charge on any atom is -0.457 e. The number of urea groups is 1. The highest BCUT2D eigenvalue weighted by Gasteiger charge is 2.33. The highest BCUT2D eigenvalue weighted by Crippen LogP contribution is 2.36. The third-order valence-corrected chi connectivity index (χ3v) is 7.21. The maximum atomic E-state index is 14.4. The SMILES string of the molecule is NC(=O)c1cc(Oc2ccc(NC(=O)Nc3ccc(Cl)c(C(F)(F)F)c3)c(F)c2)ccn1.O=S(=O)(O)c1cccc2ccccc12. The van der Waals surface area contributed by atoms with Crippen LogP contribution in [-0.2, 0) is 16.3 Å². The lowest BCUT2D eigenvalue weighted by Crippen LogP contribution is -2.20. The van der Waals surface area contributed by atoms with Crippen LogP contribution in [-0.4, -0.2) is 29.9 Å². The first-order chi connectivity index (χ1) is 21.6. The number of hydrogen-bond donors (Lipinski definition) is 4. The van der Waals surface area contributed by atoms with Crippen LogP contribution in [0.3, 0.4) is 0 Å². The molecule has 0 aliphatic rings. The van der Waals surface area contributed by atoms with E-state index in [0.29, 0.717) is 11.5 Å². The van der Waals surface area contributed by atoms with Crippen LogP contribution in [0.4, 0.5) is 33.7 Å². The average Bonchev–Trinajstić information content (AvgIpc) is 2.98. The molecular formula is C30H21ClF4N4O6S. The number of hydrogen-bond acceptors (Lipinski definition) is 6. The number of nitrogens with one attached hydrogen (secondary N) is 2. The molecule has 0 radical (unpaired) electrons. The molecule has 0 spiro atoms. The van der Waals surface area contributed by atoms with Gasteiger partial charge >= 0.3 is 12.2 Å². The molecule has 0 aliphatic carbocycles. The number of alkyl halides is 3. The first-order valence-electron chi connectivity index (χ1n) is 12.7. The Morgan fingerprint density at radius 2 is 1.59 bits per heavy atom. The van der Waals surface area contributed by atoms with E-state index < -0.39 is 44.6 Å². The smallest absolute Gasteiger partial charge is 0.417 e. The summed E-state index contributed by atoms with van der Waals surface area (Å²) in [4.78, 5) is 26.9. The van der Waals surface area contributed by atoms with Gasteiger partial charge < -0.3 is 21.1 Å². The number of rotatable bonds is 6.